The van der Waals surface area contributed by atoms with Crippen LogP contribution in [0.1, 0.15) is 16.1 Å². The summed E-state index contributed by atoms with van der Waals surface area (Å²) < 4.78 is 5.60. The van der Waals surface area contributed by atoms with E-state index < -0.39 is 0 Å². The first-order valence-electron chi connectivity index (χ1n) is 9.93. The molecule has 0 saturated heterocycles. The molecule has 30 heavy (non-hydrogen) atoms. The van der Waals surface area contributed by atoms with E-state index in [2.05, 4.69) is 17.1 Å². The van der Waals surface area contributed by atoms with Crippen LogP contribution >= 0.6 is 11.3 Å². The minimum absolute atomic E-state index is 0.0108. The van der Waals surface area contributed by atoms with E-state index in [1.54, 1.807) is 16.2 Å². The van der Waals surface area contributed by atoms with Crippen molar-refractivity contribution in [3.05, 3.63) is 64.0 Å². The summed E-state index contributed by atoms with van der Waals surface area (Å²) in [5.41, 5.74) is 4.85. The van der Waals surface area contributed by atoms with Crippen LogP contribution in [0.15, 0.2) is 47.8 Å². The van der Waals surface area contributed by atoms with E-state index in [0.29, 0.717) is 24.5 Å². The van der Waals surface area contributed by atoms with Crippen LogP contribution in [0.2, 0.25) is 0 Å². The van der Waals surface area contributed by atoms with Gasteiger partial charge in [-0.15, -0.1) is 11.3 Å². The number of nitrogens with zero attached hydrogens (tertiary/aromatic N) is 3. The lowest BCUT2D eigenvalue weighted by Gasteiger charge is -2.33. The summed E-state index contributed by atoms with van der Waals surface area (Å²) in [4.78, 5) is 33.6. The number of ether oxygens (including phenoxy) is 1. The Morgan fingerprint density at radius 1 is 1.20 bits per heavy atom. The normalized spacial score (nSPS) is 15.4. The molecule has 5 rings (SSSR count). The van der Waals surface area contributed by atoms with Crippen molar-refractivity contribution >= 4 is 28.8 Å². The van der Waals surface area contributed by atoms with E-state index in [-0.39, 0.29) is 25.0 Å². The molecule has 1 aromatic heterocycles. The number of benzene rings is 2. The van der Waals surface area contributed by atoms with Crippen molar-refractivity contribution in [1.29, 1.82) is 0 Å². The van der Waals surface area contributed by atoms with E-state index in [4.69, 9.17) is 4.74 Å². The van der Waals surface area contributed by atoms with Gasteiger partial charge in [0.1, 0.15) is 12.3 Å². The fourth-order valence-corrected chi connectivity index (χ4v) is 4.60. The van der Waals surface area contributed by atoms with Crippen LogP contribution in [-0.2, 0) is 22.6 Å². The van der Waals surface area contributed by atoms with Crippen LogP contribution in [0.4, 0.5) is 5.69 Å². The fourth-order valence-electron chi connectivity index (χ4n) is 3.97. The molecule has 7 heteroatoms. The SMILES string of the molecule is Cc1nc(-c2ccc3c(c2)N(CC(=O)N2CCc4ccccc4C2)C(=O)CO3)cs1. The smallest absolute Gasteiger partial charge is 0.265 e. The first-order valence-corrected chi connectivity index (χ1v) is 10.8. The second-order valence-electron chi connectivity index (χ2n) is 7.54. The summed E-state index contributed by atoms with van der Waals surface area (Å²) in [5.74, 6) is 0.350. The van der Waals surface area contributed by atoms with Gasteiger partial charge >= 0.3 is 0 Å². The molecule has 0 fully saturated rings. The third-order valence-electron chi connectivity index (χ3n) is 5.59. The second kappa shape index (κ2) is 7.57. The molecule has 0 saturated carbocycles. The van der Waals surface area contributed by atoms with Crippen LogP contribution in [0.5, 0.6) is 5.75 Å². The van der Waals surface area contributed by atoms with Crippen molar-refractivity contribution in [2.45, 2.75) is 19.9 Å². The summed E-state index contributed by atoms with van der Waals surface area (Å²) in [6.45, 7) is 3.16. The molecule has 2 aromatic carbocycles. The standard InChI is InChI=1S/C23H21N3O3S/c1-15-24-19(14-30-15)17-6-7-21-20(10-17)26(23(28)13-29-21)12-22(27)25-9-8-16-4-2-3-5-18(16)11-25/h2-7,10,14H,8-9,11-13H2,1H3. The number of aryl methyl sites for hydroxylation is 1. The average molecular weight is 420 g/mol. The summed E-state index contributed by atoms with van der Waals surface area (Å²) in [6, 6.07) is 13.9. The van der Waals surface area contributed by atoms with E-state index in [1.807, 2.05) is 47.5 Å². The van der Waals surface area contributed by atoms with Gasteiger partial charge in [-0.1, -0.05) is 24.3 Å². The van der Waals surface area contributed by atoms with Crippen molar-refractivity contribution in [1.82, 2.24) is 9.88 Å². The zero-order chi connectivity index (χ0) is 20.7. The first-order chi connectivity index (χ1) is 14.6. The van der Waals surface area contributed by atoms with Crippen molar-refractivity contribution in [2.75, 3.05) is 24.6 Å². The number of thiazole rings is 1. The lowest BCUT2D eigenvalue weighted by molar-refractivity contribution is -0.132. The summed E-state index contributed by atoms with van der Waals surface area (Å²) in [5, 5.41) is 2.97. The Kier molecular flexibility index (Phi) is 4.75. The molecule has 0 aliphatic carbocycles. The predicted molar refractivity (Wildman–Crippen MR) is 116 cm³/mol. The molecule has 0 radical (unpaired) electrons. The summed E-state index contributed by atoms with van der Waals surface area (Å²) >= 11 is 1.58. The van der Waals surface area contributed by atoms with E-state index >= 15 is 0 Å². The van der Waals surface area contributed by atoms with Crippen LogP contribution in [-0.4, -0.2) is 41.4 Å². The molecular formula is C23H21N3O3S. The molecule has 3 heterocycles. The van der Waals surface area contributed by atoms with Gasteiger partial charge < -0.3 is 9.64 Å². The third-order valence-corrected chi connectivity index (χ3v) is 6.37. The monoisotopic (exact) mass is 419 g/mol. The maximum absolute atomic E-state index is 13.1. The van der Waals surface area contributed by atoms with Crippen LogP contribution in [0.3, 0.4) is 0 Å². The van der Waals surface area contributed by atoms with E-state index in [9.17, 15) is 9.59 Å². The maximum Gasteiger partial charge on any atom is 0.265 e. The van der Waals surface area contributed by atoms with Gasteiger partial charge in [0.2, 0.25) is 5.91 Å². The molecule has 0 unspecified atom stereocenters. The summed E-state index contributed by atoms with van der Waals surface area (Å²) in [6.07, 6.45) is 0.836. The summed E-state index contributed by atoms with van der Waals surface area (Å²) in [7, 11) is 0. The molecule has 0 atom stereocenters. The highest BCUT2D eigenvalue weighted by Crippen LogP contribution is 2.36. The number of carbonyl (C=O) groups is 2. The average Bonchev–Trinajstić information content (AvgIpc) is 3.21. The number of aromatic nitrogens is 1. The Hall–Kier alpha value is -3.19. The zero-order valence-electron chi connectivity index (χ0n) is 16.6. The van der Waals surface area contributed by atoms with Crippen LogP contribution < -0.4 is 9.64 Å². The van der Waals surface area contributed by atoms with Gasteiger partial charge in [0.25, 0.3) is 5.91 Å². The molecule has 0 spiro atoms. The van der Waals surface area contributed by atoms with Gasteiger partial charge in [-0.25, -0.2) is 4.98 Å². The largest absolute Gasteiger partial charge is 0.482 e. The topological polar surface area (TPSA) is 62.7 Å². The molecule has 2 amide bonds. The number of fused-ring (bicyclic) bond motifs is 2. The van der Waals surface area contributed by atoms with Gasteiger partial charge in [-0.05, 0) is 42.7 Å². The van der Waals surface area contributed by atoms with Crippen molar-refractivity contribution in [3.8, 4) is 17.0 Å². The van der Waals surface area contributed by atoms with Crippen LogP contribution in [0, 0.1) is 6.92 Å². The van der Waals surface area contributed by atoms with Crippen molar-refractivity contribution < 1.29 is 14.3 Å². The van der Waals surface area contributed by atoms with Crippen molar-refractivity contribution in [3.63, 3.8) is 0 Å². The Bertz CT molecular complexity index is 1140. The Morgan fingerprint density at radius 3 is 2.83 bits per heavy atom. The Morgan fingerprint density at radius 2 is 2.03 bits per heavy atom. The minimum Gasteiger partial charge on any atom is -0.482 e. The molecule has 152 valence electrons. The highest BCUT2D eigenvalue weighted by Gasteiger charge is 2.30. The molecule has 0 bridgehead atoms. The number of amides is 2. The maximum atomic E-state index is 13.1. The third kappa shape index (κ3) is 3.45. The van der Waals surface area contributed by atoms with Gasteiger partial charge in [0, 0.05) is 24.0 Å². The molecule has 6 nitrogen and oxygen atoms in total. The lowest BCUT2D eigenvalue weighted by atomic mass is 10.00. The lowest BCUT2D eigenvalue weighted by Crippen LogP contribution is -2.47. The fraction of sp³-hybridized carbons (Fsp3) is 0.261. The number of hydrogen-bond acceptors (Lipinski definition) is 5. The molecule has 0 N–H and O–H groups in total. The van der Waals surface area contributed by atoms with Crippen LogP contribution in [0.25, 0.3) is 11.3 Å². The van der Waals surface area contributed by atoms with Gasteiger partial charge in [-0.2, -0.15) is 0 Å². The number of carbonyl (C=O) groups excluding carboxylic acids is 2. The molecule has 2 aliphatic heterocycles. The quantitative estimate of drug-likeness (QED) is 0.653. The number of anilines is 1. The number of hydrogen-bond donors (Lipinski definition) is 0. The Labute approximate surface area is 178 Å². The molecular weight excluding hydrogens is 398 g/mol. The second-order valence-corrected chi connectivity index (χ2v) is 8.60. The minimum atomic E-state index is -0.208. The predicted octanol–water partition coefficient (Wildman–Crippen LogP) is 3.43. The van der Waals surface area contributed by atoms with E-state index in [1.165, 1.54) is 11.1 Å². The van der Waals surface area contributed by atoms with Gasteiger partial charge in [0.15, 0.2) is 6.61 Å². The molecule has 3 aromatic rings. The molecule has 2 aliphatic rings. The van der Waals surface area contributed by atoms with E-state index in [0.717, 1.165) is 22.7 Å². The van der Waals surface area contributed by atoms with Gasteiger partial charge in [0.05, 0.1) is 16.4 Å². The van der Waals surface area contributed by atoms with Crippen molar-refractivity contribution in [2.24, 2.45) is 0 Å². The highest BCUT2D eigenvalue weighted by atomic mass is 32.1. The zero-order valence-corrected chi connectivity index (χ0v) is 17.4. The first kappa shape index (κ1) is 18.8. The number of rotatable bonds is 3. The highest BCUT2D eigenvalue weighted by molar-refractivity contribution is 7.09. The Balaban J connectivity index is 1.40. The van der Waals surface area contributed by atoms with Gasteiger partial charge in [-0.3, -0.25) is 14.5 Å².